The van der Waals surface area contributed by atoms with Gasteiger partial charge in [-0.05, 0) is 24.3 Å². The normalized spacial score (nSPS) is 11.0. The maximum atomic E-state index is 10.9. The van der Waals surface area contributed by atoms with Crippen molar-refractivity contribution in [1.82, 2.24) is 9.78 Å². The summed E-state index contributed by atoms with van der Waals surface area (Å²) in [5.41, 5.74) is 1.80. The van der Waals surface area contributed by atoms with Gasteiger partial charge in [0.25, 0.3) is 0 Å². The number of hydrogen-bond donors (Lipinski definition) is 2. The van der Waals surface area contributed by atoms with Gasteiger partial charge in [0.1, 0.15) is 5.82 Å². The summed E-state index contributed by atoms with van der Waals surface area (Å²) in [6, 6.07) is 10.5. The third kappa shape index (κ3) is 3.20. The molecular formula is C15H16N4O2. The average molecular weight is 284 g/mol. The van der Waals surface area contributed by atoms with E-state index in [1.165, 1.54) is 4.68 Å². The third-order valence-corrected chi connectivity index (χ3v) is 2.95. The molecular weight excluding hydrogens is 268 g/mol. The van der Waals surface area contributed by atoms with Gasteiger partial charge in [0.05, 0.1) is 23.0 Å². The van der Waals surface area contributed by atoms with Crippen molar-refractivity contribution in [3.05, 3.63) is 41.6 Å². The van der Waals surface area contributed by atoms with Crippen LogP contribution in [-0.2, 0) is 5.41 Å². The first-order valence-electron chi connectivity index (χ1n) is 6.42. The SMILES string of the molecule is CC(C)(C)c1cc(NC(=O)O)n(-c2ccc(C#N)cc2)n1. The average Bonchev–Trinajstić information content (AvgIpc) is 2.82. The van der Waals surface area contributed by atoms with Gasteiger partial charge in [0.15, 0.2) is 0 Å². The van der Waals surface area contributed by atoms with Gasteiger partial charge in [-0.25, -0.2) is 9.48 Å². The van der Waals surface area contributed by atoms with Gasteiger partial charge in [-0.1, -0.05) is 20.8 Å². The van der Waals surface area contributed by atoms with E-state index in [4.69, 9.17) is 10.4 Å². The Labute approximate surface area is 122 Å². The first kappa shape index (κ1) is 14.6. The van der Waals surface area contributed by atoms with E-state index in [0.717, 1.165) is 5.69 Å². The van der Waals surface area contributed by atoms with E-state index in [1.807, 2.05) is 26.8 Å². The summed E-state index contributed by atoms with van der Waals surface area (Å²) in [6.07, 6.45) is -1.15. The molecule has 0 aliphatic rings. The van der Waals surface area contributed by atoms with E-state index in [9.17, 15) is 4.79 Å². The predicted molar refractivity (Wildman–Crippen MR) is 78.6 cm³/mol. The highest BCUT2D eigenvalue weighted by Gasteiger charge is 2.21. The molecule has 108 valence electrons. The highest BCUT2D eigenvalue weighted by atomic mass is 16.4. The molecule has 0 bridgehead atoms. The summed E-state index contributed by atoms with van der Waals surface area (Å²) in [5.74, 6) is 0.372. The topological polar surface area (TPSA) is 90.9 Å². The Morgan fingerprint density at radius 3 is 2.43 bits per heavy atom. The van der Waals surface area contributed by atoms with Crippen LogP contribution < -0.4 is 5.32 Å². The van der Waals surface area contributed by atoms with Gasteiger partial charge in [-0.15, -0.1) is 0 Å². The van der Waals surface area contributed by atoms with E-state index in [1.54, 1.807) is 30.3 Å². The summed E-state index contributed by atoms with van der Waals surface area (Å²) in [6.45, 7) is 6.01. The summed E-state index contributed by atoms with van der Waals surface area (Å²) in [4.78, 5) is 10.9. The van der Waals surface area contributed by atoms with Crippen molar-refractivity contribution in [1.29, 1.82) is 5.26 Å². The number of rotatable bonds is 2. The molecule has 1 amide bonds. The molecule has 0 unspecified atom stereocenters. The number of hydrogen-bond acceptors (Lipinski definition) is 3. The van der Waals surface area contributed by atoms with Gasteiger partial charge in [-0.2, -0.15) is 10.4 Å². The van der Waals surface area contributed by atoms with E-state index < -0.39 is 6.09 Å². The summed E-state index contributed by atoms with van der Waals surface area (Å²) < 4.78 is 1.52. The molecule has 1 aromatic heterocycles. The van der Waals surface area contributed by atoms with Gasteiger partial charge in [0.2, 0.25) is 0 Å². The van der Waals surface area contributed by atoms with Gasteiger partial charge < -0.3 is 5.11 Å². The van der Waals surface area contributed by atoms with Crippen molar-refractivity contribution in [3.63, 3.8) is 0 Å². The standard InChI is InChI=1S/C15H16N4O2/c1-15(2,3)12-8-13(17-14(20)21)19(18-12)11-6-4-10(9-16)5-7-11/h4-8,17H,1-3H3,(H,20,21). The quantitative estimate of drug-likeness (QED) is 0.886. The molecule has 1 heterocycles. The zero-order valence-corrected chi connectivity index (χ0v) is 12.1. The monoisotopic (exact) mass is 284 g/mol. The molecule has 6 nitrogen and oxygen atoms in total. The van der Waals surface area contributed by atoms with E-state index in [0.29, 0.717) is 17.1 Å². The van der Waals surface area contributed by atoms with Crippen LogP contribution in [0.1, 0.15) is 32.0 Å². The maximum absolute atomic E-state index is 10.9. The van der Waals surface area contributed by atoms with Crippen LogP contribution in [-0.4, -0.2) is 21.0 Å². The molecule has 0 aliphatic heterocycles. The number of aromatic nitrogens is 2. The number of nitriles is 1. The smallest absolute Gasteiger partial charge is 0.410 e. The second kappa shape index (κ2) is 5.29. The Hall–Kier alpha value is -2.81. The highest BCUT2D eigenvalue weighted by Crippen LogP contribution is 2.26. The number of carbonyl (C=O) groups is 1. The minimum absolute atomic E-state index is 0.202. The molecule has 0 aliphatic carbocycles. The molecule has 2 rings (SSSR count). The zero-order chi connectivity index (χ0) is 15.6. The molecule has 2 aromatic rings. The fourth-order valence-electron chi connectivity index (χ4n) is 1.82. The van der Waals surface area contributed by atoms with Crippen LogP contribution in [0.3, 0.4) is 0 Å². The molecule has 0 fully saturated rings. The fraction of sp³-hybridized carbons (Fsp3) is 0.267. The Kier molecular flexibility index (Phi) is 3.68. The van der Waals surface area contributed by atoms with E-state index in [-0.39, 0.29) is 5.41 Å². The lowest BCUT2D eigenvalue weighted by Gasteiger charge is -2.14. The van der Waals surface area contributed by atoms with Crippen molar-refractivity contribution < 1.29 is 9.90 Å². The first-order chi connectivity index (χ1) is 9.81. The lowest BCUT2D eigenvalue weighted by Crippen LogP contribution is -2.13. The van der Waals surface area contributed by atoms with E-state index >= 15 is 0 Å². The highest BCUT2D eigenvalue weighted by molar-refractivity contribution is 5.82. The van der Waals surface area contributed by atoms with Crippen LogP contribution >= 0.6 is 0 Å². The summed E-state index contributed by atoms with van der Waals surface area (Å²) in [7, 11) is 0. The van der Waals surface area contributed by atoms with Gasteiger partial charge in [-0.3, -0.25) is 5.32 Å². The number of benzene rings is 1. The zero-order valence-electron chi connectivity index (χ0n) is 12.1. The molecule has 0 saturated carbocycles. The van der Waals surface area contributed by atoms with Crippen LogP contribution in [0.5, 0.6) is 0 Å². The van der Waals surface area contributed by atoms with Gasteiger partial charge in [0, 0.05) is 11.5 Å². The number of nitrogens with one attached hydrogen (secondary N) is 1. The molecule has 6 heteroatoms. The second-order valence-corrected chi connectivity index (χ2v) is 5.67. The number of carboxylic acid groups (broad SMARTS) is 1. The minimum atomic E-state index is -1.15. The fourth-order valence-corrected chi connectivity index (χ4v) is 1.82. The van der Waals surface area contributed by atoms with Crippen molar-refractivity contribution in [2.75, 3.05) is 5.32 Å². The molecule has 0 atom stereocenters. The second-order valence-electron chi connectivity index (χ2n) is 5.67. The van der Waals surface area contributed by atoms with Crippen molar-refractivity contribution in [3.8, 4) is 11.8 Å². The van der Waals surface area contributed by atoms with Gasteiger partial charge >= 0.3 is 6.09 Å². The first-order valence-corrected chi connectivity index (χ1v) is 6.42. The number of anilines is 1. The van der Waals surface area contributed by atoms with Crippen LogP contribution in [0.2, 0.25) is 0 Å². The van der Waals surface area contributed by atoms with Crippen molar-refractivity contribution >= 4 is 11.9 Å². The number of nitrogens with zero attached hydrogens (tertiary/aromatic N) is 3. The molecule has 21 heavy (non-hydrogen) atoms. The molecule has 0 saturated heterocycles. The van der Waals surface area contributed by atoms with Crippen molar-refractivity contribution in [2.24, 2.45) is 0 Å². The Morgan fingerprint density at radius 2 is 1.95 bits per heavy atom. The molecule has 1 aromatic carbocycles. The van der Waals surface area contributed by atoms with Crippen LogP contribution in [0.25, 0.3) is 5.69 Å². The van der Waals surface area contributed by atoms with Crippen molar-refractivity contribution in [2.45, 2.75) is 26.2 Å². The molecule has 2 N–H and O–H groups in total. The largest absolute Gasteiger partial charge is 0.465 e. The molecule has 0 radical (unpaired) electrons. The lowest BCUT2D eigenvalue weighted by molar-refractivity contribution is 0.209. The van der Waals surface area contributed by atoms with E-state index in [2.05, 4.69) is 10.4 Å². The number of amides is 1. The van der Waals surface area contributed by atoms with Crippen LogP contribution in [0.15, 0.2) is 30.3 Å². The Bertz CT molecular complexity index is 703. The maximum Gasteiger partial charge on any atom is 0.410 e. The lowest BCUT2D eigenvalue weighted by atomic mass is 9.92. The Morgan fingerprint density at radius 1 is 1.33 bits per heavy atom. The summed E-state index contributed by atoms with van der Waals surface area (Å²) >= 11 is 0. The minimum Gasteiger partial charge on any atom is -0.465 e. The summed E-state index contributed by atoms with van der Waals surface area (Å²) in [5, 5.41) is 24.6. The van der Waals surface area contributed by atoms with Crippen LogP contribution in [0, 0.1) is 11.3 Å². The third-order valence-electron chi connectivity index (χ3n) is 2.95. The molecule has 0 spiro atoms. The Balaban J connectivity index is 2.51. The van der Waals surface area contributed by atoms with Crippen LogP contribution in [0.4, 0.5) is 10.6 Å². The predicted octanol–water partition coefficient (Wildman–Crippen LogP) is 3.13.